The summed E-state index contributed by atoms with van der Waals surface area (Å²) >= 11 is 0. The molecule has 0 radical (unpaired) electrons. The molecule has 15 atom stereocenters. The number of rotatable bonds is 5. The van der Waals surface area contributed by atoms with Gasteiger partial charge in [-0.2, -0.15) is 0 Å². The van der Waals surface area contributed by atoms with E-state index in [4.69, 9.17) is 9.47 Å². The molecule has 5 fully saturated rings. The van der Waals surface area contributed by atoms with Crippen LogP contribution in [0.15, 0.2) is 11.6 Å². The van der Waals surface area contributed by atoms with Gasteiger partial charge in [0.05, 0.1) is 24.8 Å². The maximum atomic E-state index is 13.2. The molecule has 1 saturated heterocycles. The van der Waals surface area contributed by atoms with E-state index in [0.717, 1.165) is 12.8 Å². The molecule has 11 nitrogen and oxygen atoms in total. The molecule has 49 heavy (non-hydrogen) atoms. The molecule has 0 aromatic carbocycles. The van der Waals surface area contributed by atoms with Crippen molar-refractivity contribution in [2.24, 2.45) is 50.2 Å². The maximum Gasteiger partial charge on any atom is 1.00 e. The molecular formula is C36H54Na2O11. The molecule has 5 N–H and O–H groups in total. The summed E-state index contributed by atoms with van der Waals surface area (Å²) in [7, 11) is 0. The molecule has 13 heteroatoms. The number of carboxylic acids is 2. The number of hydrogen-bond acceptors (Lipinski definition) is 11. The van der Waals surface area contributed by atoms with Crippen molar-refractivity contribution in [3.8, 4) is 0 Å². The number of aliphatic hydroxyl groups is 5. The molecule has 6 rings (SSSR count). The van der Waals surface area contributed by atoms with E-state index in [9.17, 15) is 45.3 Å². The van der Waals surface area contributed by atoms with Crippen LogP contribution < -0.4 is 69.3 Å². The third kappa shape index (κ3) is 5.94. The summed E-state index contributed by atoms with van der Waals surface area (Å²) in [6.45, 7) is 11.9. The van der Waals surface area contributed by atoms with Crippen molar-refractivity contribution in [1.82, 2.24) is 0 Å². The summed E-state index contributed by atoms with van der Waals surface area (Å²) in [6.07, 6.45) is -2.87. The molecule has 0 spiro atoms. The second-order valence-corrected chi connectivity index (χ2v) is 17.8. The minimum Gasteiger partial charge on any atom is -0.550 e. The van der Waals surface area contributed by atoms with Crippen LogP contribution in [0.2, 0.25) is 0 Å². The Kier molecular flexibility index (Phi) is 12.0. The Morgan fingerprint density at radius 2 is 1.49 bits per heavy atom. The number of aliphatic carboxylic acids is 2. The number of ether oxygens (including phenoxy) is 2. The predicted octanol–water partition coefficient (Wildman–Crippen LogP) is -5.57. The fourth-order valence-corrected chi connectivity index (χ4v) is 12.2. The Bertz CT molecular complexity index is 1330. The van der Waals surface area contributed by atoms with E-state index in [-0.39, 0.29) is 93.6 Å². The molecule has 266 valence electrons. The van der Waals surface area contributed by atoms with Gasteiger partial charge in [-0.05, 0) is 97.2 Å². The zero-order valence-corrected chi connectivity index (χ0v) is 34.6. The van der Waals surface area contributed by atoms with E-state index < -0.39 is 83.6 Å². The standard InChI is InChI=1S/C36H56O11.2Na/c1-31(2)11-13-36(30(44)45)14-12-33(4)18(19(36)15-31)7-8-22-32(3)16-20(38)27(35(6,29(42)43)23(32)9-10-34(22,33)5)47-28-26(41)25(40)24(39)21(17-37)46-28;;/h7,19-28,37-41H,8-17H2,1-6H3,(H,42,43)(H,44,45);;/q;2*+1/p-2/t19-,20-,21+,22?,23?,24+,25-,26+,27?,28-,32+,33+,34+,35-,36?;;/m0../s1. The summed E-state index contributed by atoms with van der Waals surface area (Å²) in [5.74, 6) is -3.00. The maximum absolute atomic E-state index is 13.2. The van der Waals surface area contributed by atoms with Crippen molar-refractivity contribution < 1.29 is 114 Å². The summed E-state index contributed by atoms with van der Waals surface area (Å²) in [4.78, 5) is 26.1. The number of aliphatic hydroxyl groups excluding tert-OH is 5. The molecule has 0 aromatic heterocycles. The van der Waals surface area contributed by atoms with E-state index in [2.05, 4.69) is 40.7 Å². The minimum atomic E-state index is -1.75. The van der Waals surface area contributed by atoms with Gasteiger partial charge in [0, 0.05) is 16.8 Å². The molecule has 0 bridgehead atoms. The van der Waals surface area contributed by atoms with Crippen LogP contribution in [-0.2, 0) is 19.1 Å². The smallest absolute Gasteiger partial charge is 0.550 e. The number of carboxylic acid groups (broad SMARTS) is 2. The Hall–Kier alpha value is 0.400. The van der Waals surface area contributed by atoms with Gasteiger partial charge in [-0.15, -0.1) is 0 Å². The zero-order chi connectivity index (χ0) is 34.7. The third-order valence-electron chi connectivity index (χ3n) is 15.2. The van der Waals surface area contributed by atoms with E-state index in [0.29, 0.717) is 38.5 Å². The molecule has 1 aliphatic heterocycles. The molecule has 5 aliphatic carbocycles. The number of fused-ring (bicyclic) bond motifs is 7. The SMILES string of the molecule is CC1(C)CCC2(C(=O)[O-])CC[C@]3(C)C(=CCC4[C@@]5(C)C[C@H](O)C(O[C@@H]6O[C@H](CO)[C@@H](O)[C@H](O)[C@H]6O)[C@@](C)(C(=O)[O-])C5CC[C@]43C)[C@@H]2C1.[Na+].[Na+]. The van der Waals surface area contributed by atoms with Crippen molar-refractivity contribution in [2.75, 3.05) is 6.61 Å². The van der Waals surface area contributed by atoms with Crippen molar-refractivity contribution in [3.63, 3.8) is 0 Å². The summed E-state index contributed by atoms with van der Waals surface area (Å²) in [5.41, 5.74) is -2.69. The van der Waals surface area contributed by atoms with Crippen LogP contribution in [0, 0.1) is 50.2 Å². The van der Waals surface area contributed by atoms with E-state index in [1.54, 1.807) is 0 Å². The van der Waals surface area contributed by atoms with E-state index >= 15 is 0 Å². The second-order valence-electron chi connectivity index (χ2n) is 17.8. The van der Waals surface area contributed by atoms with Crippen molar-refractivity contribution in [3.05, 3.63) is 11.6 Å². The van der Waals surface area contributed by atoms with Crippen LogP contribution in [0.5, 0.6) is 0 Å². The summed E-state index contributed by atoms with van der Waals surface area (Å²) in [5, 5.41) is 78.8. The largest absolute Gasteiger partial charge is 1.00 e. The number of carbonyl (C=O) groups is 2. The van der Waals surface area contributed by atoms with Gasteiger partial charge < -0.3 is 54.8 Å². The average molecular weight is 709 g/mol. The molecule has 0 amide bonds. The summed E-state index contributed by atoms with van der Waals surface area (Å²) in [6, 6.07) is 0. The van der Waals surface area contributed by atoms with E-state index in [1.807, 2.05) is 0 Å². The topological polar surface area (TPSA) is 200 Å². The van der Waals surface area contributed by atoms with Crippen molar-refractivity contribution in [1.29, 1.82) is 0 Å². The Morgan fingerprint density at radius 1 is 0.857 bits per heavy atom. The number of hydrogen-bond donors (Lipinski definition) is 5. The van der Waals surface area contributed by atoms with Crippen LogP contribution in [0.25, 0.3) is 0 Å². The van der Waals surface area contributed by atoms with Crippen LogP contribution in [-0.4, -0.2) is 87.0 Å². The first-order valence-corrected chi connectivity index (χ1v) is 17.5. The fraction of sp³-hybridized carbons (Fsp3) is 0.889. The first-order valence-electron chi connectivity index (χ1n) is 17.5. The second kappa shape index (κ2) is 13.9. The molecule has 4 saturated carbocycles. The molecule has 1 heterocycles. The van der Waals surface area contributed by atoms with Gasteiger partial charge in [0.25, 0.3) is 0 Å². The monoisotopic (exact) mass is 708 g/mol. The van der Waals surface area contributed by atoms with Gasteiger partial charge in [0.2, 0.25) is 0 Å². The van der Waals surface area contributed by atoms with Gasteiger partial charge >= 0.3 is 59.1 Å². The third-order valence-corrected chi connectivity index (χ3v) is 15.2. The number of carbonyl (C=O) groups excluding carboxylic acids is 2. The molecular weight excluding hydrogens is 654 g/mol. The molecule has 4 unspecified atom stereocenters. The molecule has 6 aliphatic rings. The van der Waals surface area contributed by atoms with Crippen LogP contribution in [0.3, 0.4) is 0 Å². The van der Waals surface area contributed by atoms with Gasteiger partial charge in [-0.3, -0.25) is 0 Å². The summed E-state index contributed by atoms with van der Waals surface area (Å²) < 4.78 is 11.6. The molecule has 0 aromatic rings. The normalized spacial score (nSPS) is 51.6. The van der Waals surface area contributed by atoms with Crippen molar-refractivity contribution in [2.45, 2.75) is 142 Å². The Morgan fingerprint density at radius 3 is 2.08 bits per heavy atom. The number of allylic oxidation sites excluding steroid dienone is 2. The Balaban J connectivity index is 0.00000270. The van der Waals surface area contributed by atoms with E-state index in [1.165, 1.54) is 12.5 Å². The predicted molar refractivity (Wildman–Crippen MR) is 163 cm³/mol. The van der Waals surface area contributed by atoms with Gasteiger partial charge in [0.15, 0.2) is 6.29 Å². The fourth-order valence-electron chi connectivity index (χ4n) is 12.2. The first kappa shape index (κ1) is 42.1. The van der Waals surface area contributed by atoms with Crippen LogP contribution in [0.4, 0.5) is 0 Å². The zero-order valence-electron chi connectivity index (χ0n) is 30.6. The van der Waals surface area contributed by atoms with Crippen LogP contribution >= 0.6 is 0 Å². The average Bonchev–Trinajstić information content (AvgIpc) is 2.98. The van der Waals surface area contributed by atoms with Crippen molar-refractivity contribution >= 4 is 11.9 Å². The Labute approximate surface area is 334 Å². The quantitative estimate of drug-likeness (QED) is 0.104. The first-order chi connectivity index (χ1) is 21.7. The van der Waals surface area contributed by atoms with Gasteiger partial charge in [-0.25, -0.2) is 0 Å². The van der Waals surface area contributed by atoms with Gasteiger partial charge in [-0.1, -0.05) is 53.2 Å². The van der Waals surface area contributed by atoms with Gasteiger partial charge in [0.1, 0.15) is 24.4 Å². The minimum absolute atomic E-state index is 0. The van der Waals surface area contributed by atoms with Crippen LogP contribution in [0.1, 0.15) is 99.3 Å².